The van der Waals surface area contributed by atoms with Crippen molar-refractivity contribution < 1.29 is 94.1 Å². The molecule has 0 bridgehead atoms. The average Bonchev–Trinajstić information content (AvgIpc) is 3.18. The monoisotopic (exact) mass is 927 g/mol. The van der Waals surface area contributed by atoms with Crippen LogP contribution in [0.25, 0.3) is 21.5 Å². The molecule has 0 saturated heterocycles. The molecule has 0 aliphatic carbocycles. The Labute approximate surface area is 389 Å². The van der Waals surface area contributed by atoms with Crippen LogP contribution in [0, 0.1) is 0 Å². The van der Waals surface area contributed by atoms with Crippen LogP contribution in [0.5, 0.6) is 23.0 Å². The van der Waals surface area contributed by atoms with E-state index in [1.165, 1.54) is 38.1 Å². The molecule has 22 heteroatoms. The Kier molecular flexibility index (Phi) is 18.1. The number of aliphatic imine (C=N–C) groups is 1. The van der Waals surface area contributed by atoms with Gasteiger partial charge in [-0.05, 0) is 66.1 Å². The fourth-order valence-electron chi connectivity index (χ4n) is 5.67. The number of phenols is 1. The van der Waals surface area contributed by atoms with Crippen molar-refractivity contribution in [2.45, 2.75) is 37.5 Å². The number of benzene rings is 6. The van der Waals surface area contributed by atoms with Crippen molar-refractivity contribution >= 4 is 87.5 Å². The number of sulfonamides is 2. The van der Waals surface area contributed by atoms with E-state index in [0.717, 1.165) is 24.3 Å². The van der Waals surface area contributed by atoms with E-state index < -0.39 is 43.2 Å². The maximum absolute atomic E-state index is 12.4. The van der Waals surface area contributed by atoms with Gasteiger partial charge in [-0.3, -0.25) is 9.79 Å². The molecule has 0 unspecified atom stereocenters. The van der Waals surface area contributed by atoms with E-state index in [4.69, 9.17) is 0 Å². The van der Waals surface area contributed by atoms with Crippen LogP contribution >= 0.6 is 0 Å². The number of aromatic hydroxyl groups is 1. The minimum Gasteiger partial charge on any atom is -0.871 e. The molecule has 0 heterocycles. The van der Waals surface area contributed by atoms with Gasteiger partial charge >= 0.3 is 46.9 Å². The summed E-state index contributed by atoms with van der Waals surface area (Å²) in [6.07, 6.45) is 0. The number of nitrogens with one attached hydrogen (secondary N) is 3. The second-order valence-electron chi connectivity index (χ2n) is 12.6. The first-order valence-electron chi connectivity index (χ1n) is 17.9. The van der Waals surface area contributed by atoms with Crippen LogP contribution in [0.4, 0.5) is 34.1 Å². The largest absolute Gasteiger partial charge is 3.00 e. The molecule has 315 valence electrons. The van der Waals surface area contributed by atoms with Crippen LogP contribution < -0.4 is 64.7 Å². The van der Waals surface area contributed by atoms with Gasteiger partial charge in [0.2, 0.25) is 26.0 Å². The molecule has 0 atom stereocenters. The van der Waals surface area contributed by atoms with Crippen molar-refractivity contribution in [1.82, 2.24) is 9.44 Å². The van der Waals surface area contributed by atoms with Gasteiger partial charge in [0.15, 0.2) is 0 Å². The first-order chi connectivity index (χ1) is 28.4. The molecule has 6 rings (SSSR count). The number of carbonyl (C=O) groups excluding carboxylic acids is 1. The van der Waals surface area contributed by atoms with Gasteiger partial charge in [-0.1, -0.05) is 85.7 Å². The van der Waals surface area contributed by atoms with Gasteiger partial charge in [-0.25, -0.2) is 26.3 Å². The fourth-order valence-corrected chi connectivity index (χ4v) is 7.79. The van der Waals surface area contributed by atoms with Crippen LogP contribution in [-0.2, 0) is 42.2 Å². The zero-order valence-corrected chi connectivity index (χ0v) is 38.6. The van der Waals surface area contributed by atoms with E-state index in [9.17, 15) is 47.2 Å². The predicted octanol–water partition coefficient (Wildman–Crippen LogP) is 2.40. The quantitative estimate of drug-likeness (QED) is 0.0601. The number of phenolic OH excluding ortho intramolecular Hbond substituents is 1. The molecule has 0 saturated carbocycles. The van der Waals surface area contributed by atoms with Gasteiger partial charge in [-0.15, -0.1) is 5.11 Å². The molecule has 0 spiro atoms. The van der Waals surface area contributed by atoms with Crippen LogP contribution in [0.2, 0.25) is 0 Å². The molecule has 18 nitrogen and oxygen atoms in total. The van der Waals surface area contributed by atoms with Crippen LogP contribution in [0.15, 0.2) is 132 Å². The summed E-state index contributed by atoms with van der Waals surface area (Å²) in [4.78, 5) is 15.2. The minimum absolute atomic E-state index is 0. The number of hydrogen-bond donors (Lipinski definition) is 4. The topological polar surface area (TPSA) is 296 Å². The molecular formula is C40H36CrN8NaO10S2. The normalized spacial score (nSPS) is 11.8. The number of rotatable bonds is 12. The first-order valence-corrected chi connectivity index (χ1v) is 20.8. The summed E-state index contributed by atoms with van der Waals surface area (Å²) in [5.41, 5.74) is 0.144. The number of amides is 1. The predicted molar refractivity (Wildman–Crippen MR) is 218 cm³/mol. The molecule has 62 heavy (non-hydrogen) atoms. The minimum atomic E-state index is -3.80. The van der Waals surface area contributed by atoms with E-state index in [1.807, 2.05) is 0 Å². The van der Waals surface area contributed by atoms with Crippen molar-refractivity contribution in [2.24, 2.45) is 25.4 Å². The van der Waals surface area contributed by atoms with Gasteiger partial charge in [0.05, 0.1) is 38.2 Å². The van der Waals surface area contributed by atoms with Gasteiger partial charge < -0.3 is 30.8 Å². The molecule has 1 amide bonds. The molecular weight excluding hydrogens is 892 g/mol. The molecule has 0 aliphatic rings. The van der Waals surface area contributed by atoms with Crippen LogP contribution in [0.1, 0.15) is 27.7 Å². The number of carbonyl (C=O) groups is 1. The third kappa shape index (κ3) is 12.3. The van der Waals surface area contributed by atoms with Crippen molar-refractivity contribution in [1.29, 1.82) is 0 Å². The summed E-state index contributed by atoms with van der Waals surface area (Å²) in [6.45, 7) is 6.25. The molecule has 0 fully saturated rings. The molecule has 6 aromatic rings. The van der Waals surface area contributed by atoms with Crippen molar-refractivity contribution in [2.75, 3.05) is 18.4 Å². The Bertz CT molecular complexity index is 2930. The van der Waals surface area contributed by atoms with E-state index in [-0.39, 0.29) is 110 Å². The standard InChI is InChI=1S/2C20H20N4O5S.Cr.Na/c2*1-3-21-30(28,29)14-8-10-17(26)16(11-14)23-24-20-18(27)9-7-13-5-4-6-15(19(13)20)22-12(2)25;;/h2*4-11,21,26-27H,3H2,1-2H3,(H,22,25);;/q;;+3;+1/p-4. The summed E-state index contributed by atoms with van der Waals surface area (Å²) in [7, 11) is -7.58. The maximum Gasteiger partial charge on any atom is 3.00 e. The second-order valence-corrected chi connectivity index (χ2v) is 16.1. The zero-order valence-electron chi connectivity index (χ0n) is 33.7. The Hall–Kier alpha value is -5.47. The number of nitrogens with zero attached hydrogens (tertiary/aromatic N) is 5. The van der Waals surface area contributed by atoms with E-state index in [2.05, 4.69) is 40.2 Å². The van der Waals surface area contributed by atoms with E-state index in [0.29, 0.717) is 27.2 Å². The smallest absolute Gasteiger partial charge is 0.871 e. The van der Waals surface area contributed by atoms with E-state index >= 15 is 0 Å². The Morgan fingerprint density at radius 1 is 0.629 bits per heavy atom. The van der Waals surface area contributed by atoms with Gasteiger partial charge in [0.1, 0.15) is 11.4 Å². The number of fused-ring (bicyclic) bond motifs is 2. The SMILES string of the molecule is CCNS(=O)(=O)c1ccc([O-])c(N=Nc2c(O)ccc3cccc(NC(C)=O)c23)c1.CCNS(=O)(=O)c1ccc([O-])c(N=Nc2c([O-])ccc3cccc(N=C(C)[O-])c23)c1.[Cr+3].[Na+]. The molecule has 4 N–H and O–H groups in total. The molecule has 0 aliphatic heterocycles. The molecule has 1 radical (unpaired) electrons. The maximum atomic E-state index is 12.4. The van der Waals surface area contributed by atoms with Crippen LogP contribution in [-0.4, -0.2) is 46.8 Å². The third-order valence-electron chi connectivity index (χ3n) is 8.21. The Morgan fingerprint density at radius 2 is 1.11 bits per heavy atom. The van der Waals surface area contributed by atoms with Crippen molar-refractivity contribution in [3.8, 4) is 23.0 Å². The summed E-state index contributed by atoms with van der Waals surface area (Å²) < 4.78 is 53.4. The summed E-state index contributed by atoms with van der Waals surface area (Å²) in [5.74, 6) is -2.55. The first kappa shape index (κ1) is 50.9. The molecule has 0 aromatic heterocycles. The summed E-state index contributed by atoms with van der Waals surface area (Å²) in [6, 6.07) is 22.7. The summed E-state index contributed by atoms with van der Waals surface area (Å²) >= 11 is 0. The van der Waals surface area contributed by atoms with Gasteiger partial charge in [0, 0.05) is 30.8 Å². The number of azo groups is 2. The van der Waals surface area contributed by atoms with Gasteiger partial charge in [0.25, 0.3) is 0 Å². The van der Waals surface area contributed by atoms with E-state index in [1.54, 1.807) is 62.4 Å². The zero-order chi connectivity index (χ0) is 43.8. The number of anilines is 1. The van der Waals surface area contributed by atoms with Crippen LogP contribution in [0.3, 0.4) is 0 Å². The molecule has 6 aromatic carbocycles. The Morgan fingerprint density at radius 3 is 1.63 bits per heavy atom. The second kappa shape index (κ2) is 22.1. The number of hydrogen-bond acceptors (Lipinski definition) is 15. The average molecular weight is 928 g/mol. The Balaban J connectivity index is 0.000000320. The fraction of sp³-hybridized carbons (Fsp3) is 0.150. The summed E-state index contributed by atoms with van der Waals surface area (Å²) in [5, 5.41) is 78.8. The van der Waals surface area contributed by atoms with Gasteiger partial charge in [-0.2, -0.15) is 15.3 Å². The van der Waals surface area contributed by atoms with Crippen molar-refractivity contribution in [3.05, 3.63) is 97.1 Å². The third-order valence-corrected chi connectivity index (χ3v) is 11.3. The van der Waals surface area contributed by atoms with Crippen molar-refractivity contribution in [3.63, 3.8) is 0 Å².